The third kappa shape index (κ3) is 3.29. The molecule has 0 fully saturated rings. The van der Waals surface area contributed by atoms with Crippen LogP contribution in [0.5, 0.6) is 0 Å². The van der Waals surface area contributed by atoms with Gasteiger partial charge < -0.3 is 9.88 Å². The Bertz CT molecular complexity index is 893. The maximum atomic E-state index is 12.4. The predicted octanol–water partition coefficient (Wildman–Crippen LogP) is 3.57. The van der Waals surface area contributed by atoms with Crippen molar-refractivity contribution >= 4 is 28.7 Å². The molecule has 2 aromatic carbocycles. The third-order valence-electron chi connectivity index (χ3n) is 4.64. The number of carbonyl (C=O) groups is 1. The average Bonchev–Trinajstić information content (AvgIpc) is 3.19. The number of aryl methyl sites for hydroxylation is 2. The van der Waals surface area contributed by atoms with E-state index in [2.05, 4.69) is 33.1 Å². The van der Waals surface area contributed by atoms with Crippen molar-refractivity contribution in [2.45, 2.75) is 36.5 Å². The molecule has 5 heteroatoms. The lowest BCUT2D eigenvalue weighted by Crippen LogP contribution is -2.33. The second-order valence-electron chi connectivity index (χ2n) is 6.36. The Balaban J connectivity index is 1.30. The molecule has 1 atom stereocenters. The fourth-order valence-electron chi connectivity index (χ4n) is 3.37. The normalized spacial score (nSPS) is 16.1. The summed E-state index contributed by atoms with van der Waals surface area (Å²) in [5.74, 6) is 1.17. The number of carbonyl (C=O) groups excluding carboxylic acids is 1. The summed E-state index contributed by atoms with van der Waals surface area (Å²) in [6.07, 6.45) is 1.73. The zero-order chi connectivity index (χ0) is 17.2. The third-order valence-corrected chi connectivity index (χ3v) is 5.96. The topological polar surface area (TPSA) is 46.9 Å². The fourth-order valence-corrected chi connectivity index (χ4v) is 4.59. The molecule has 4 nitrogen and oxygen atoms in total. The SMILES string of the molecule is Cc1nc2ccccc2n1CCCNC(=O)C1Cc2ccccc2S1. The molecule has 0 bridgehead atoms. The summed E-state index contributed by atoms with van der Waals surface area (Å²) in [5.41, 5.74) is 3.48. The van der Waals surface area contributed by atoms with Crippen LogP contribution < -0.4 is 5.32 Å². The molecule has 0 saturated carbocycles. The number of hydrogen-bond donors (Lipinski definition) is 1. The van der Waals surface area contributed by atoms with Gasteiger partial charge in [-0.05, 0) is 43.5 Å². The minimum absolute atomic E-state index is 0.00760. The molecule has 2 heterocycles. The summed E-state index contributed by atoms with van der Waals surface area (Å²) < 4.78 is 2.22. The molecular formula is C20H21N3OS. The number of para-hydroxylation sites is 2. The summed E-state index contributed by atoms with van der Waals surface area (Å²) in [4.78, 5) is 18.2. The van der Waals surface area contributed by atoms with Gasteiger partial charge in [-0.1, -0.05) is 30.3 Å². The highest BCUT2D eigenvalue weighted by Crippen LogP contribution is 2.36. The molecule has 4 rings (SSSR count). The van der Waals surface area contributed by atoms with Gasteiger partial charge in [0.1, 0.15) is 5.82 Å². The summed E-state index contributed by atoms with van der Waals surface area (Å²) >= 11 is 1.68. The van der Waals surface area contributed by atoms with Crippen LogP contribution in [0.25, 0.3) is 11.0 Å². The molecule has 0 spiro atoms. The van der Waals surface area contributed by atoms with Gasteiger partial charge in [-0.15, -0.1) is 11.8 Å². The number of benzene rings is 2. The molecule has 1 aliphatic heterocycles. The smallest absolute Gasteiger partial charge is 0.233 e. The number of aromatic nitrogens is 2. The molecule has 1 amide bonds. The lowest BCUT2D eigenvalue weighted by atomic mass is 10.1. The van der Waals surface area contributed by atoms with Crippen LogP contribution in [-0.4, -0.2) is 27.3 Å². The van der Waals surface area contributed by atoms with Crippen LogP contribution >= 0.6 is 11.8 Å². The van der Waals surface area contributed by atoms with E-state index < -0.39 is 0 Å². The van der Waals surface area contributed by atoms with Crippen molar-refractivity contribution in [3.8, 4) is 0 Å². The molecular weight excluding hydrogens is 330 g/mol. The molecule has 1 aromatic heterocycles. The van der Waals surface area contributed by atoms with E-state index in [-0.39, 0.29) is 11.2 Å². The zero-order valence-electron chi connectivity index (χ0n) is 14.2. The first-order valence-electron chi connectivity index (χ1n) is 8.66. The summed E-state index contributed by atoms with van der Waals surface area (Å²) in [5, 5.41) is 3.10. The molecule has 0 saturated heterocycles. The van der Waals surface area contributed by atoms with E-state index in [4.69, 9.17) is 0 Å². The molecule has 1 aliphatic rings. The van der Waals surface area contributed by atoms with Crippen LogP contribution in [0.4, 0.5) is 0 Å². The van der Waals surface area contributed by atoms with Gasteiger partial charge in [-0.2, -0.15) is 0 Å². The number of hydrogen-bond acceptors (Lipinski definition) is 3. The van der Waals surface area contributed by atoms with Crippen LogP contribution in [0, 0.1) is 6.92 Å². The van der Waals surface area contributed by atoms with Crippen LogP contribution in [-0.2, 0) is 17.8 Å². The van der Waals surface area contributed by atoms with Gasteiger partial charge in [0.05, 0.1) is 16.3 Å². The Morgan fingerprint density at radius 2 is 2.04 bits per heavy atom. The first kappa shape index (κ1) is 16.2. The number of rotatable bonds is 5. The van der Waals surface area contributed by atoms with Crippen LogP contribution in [0.1, 0.15) is 17.8 Å². The number of nitrogens with one attached hydrogen (secondary N) is 1. The average molecular weight is 351 g/mol. The van der Waals surface area contributed by atoms with Gasteiger partial charge in [0.25, 0.3) is 0 Å². The van der Waals surface area contributed by atoms with Crippen molar-refractivity contribution in [1.29, 1.82) is 0 Å². The van der Waals surface area contributed by atoms with Crippen molar-refractivity contribution in [3.63, 3.8) is 0 Å². The van der Waals surface area contributed by atoms with E-state index in [9.17, 15) is 4.79 Å². The Labute approximate surface area is 151 Å². The molecule has 1 N–H and O–H groups in total. The highest BCUT2D eigenvalue weighted by atomic mass is 32.2. The molecule has 0 radical (unpaired) electrons. The van der Waals surface area contributed by atoms with E-state index in [1.54, 1.807) is 11.8 Å². The maximum Gasteiger partial charge on any atom is 0.233 e. The van der Waals surface area contributed by atoms with Gasteiger partial charge >= 0.3 is 0 Å². The lowest BCUT2D eigenvalue weighted by Gasteiger charge is -2.11. The molecule has 25 heavy (non-hydrogen) atoms. The second kappa shape index (κ2) is 6.92. The van der Waals surface area contributed by atoms with Crippen molar-refractivity contribution in [2.24, 2.45) is 0 Å². The van der Waals surface area contributed by atoms with Gasteiger partial charge in [-0.3, -0.25) is 4.79 Å². The Kier molecular flexibility index (Phi) is 4.49. The van der Waals surface area contributed by atoms with Gasteiger partial charge in [0, 0.05) is 18.0 Å². The summed E-state index contributed by atoms with van der Waals surface area (Å²) in [6.45, 7) is 3.59. The number of thioether (sulfide) groups is 1. The minimum atomic E-state index is 0.00760. The number of amides is 1. The van der Waals surface area contributed by atoms with E-state index in [1.807, 2.05) is 37.3 Å². The first-order valence-corrected chi connectivity index (χ1v) is 9.54. The van der Waals surface area contributed by atoms with Crippen LogP contribution in [0.2, 0.25) is 0 Å². The fraction of sp³-hybridized carbons (Fsp3) is 0.300. The first-order chi connectivity index (χ1) is 12.2. The van der Waals surface area contributed by atoms with Gasteiger partial charge in [0.2, 0.25) is 5.91 Å². The lowest BCUT2D eigenvalue weighted by molar-refractivity contribution is -0.120. The number of nitrogens with zero attached hydrogens (tertiary/aromatic N) is 2. The highest BCUT2D eigenvalue weighted by molar-refractivity contribution is 8.01. The standard InChI is InChI=1S/C20H21N3OS/c1-14-22-16-8-3-4-9-17(16)23(14)12-6-11-21-20(24)19-13-15-7-2-5-10-18(15)25-19/h2-5,7-10,19H,6,11-13H2,1H3,(H,21,24). The van der Waals surface area contributed by atoms with Crippen LogP contribution in [0.3, 0.4) is 0 Å². The number of fused-ring (bicyclic) bond motifs is 2. The van der Waals surface area contributed by atoms with E-state index in [0.717, 1.165) is 36.2 Å². The van der Waals surface area contributed by atoms with Crippen molar-refractivity contribution in [1.82, 2.24) is 14.9 Å². The Hall–Kier alpha value is -2.27. The quantitative estimate of drug-likeness (QED) is 0.715. The van der Waals surface area contributed by atoms with E-state index in [0.29, 0.717) is 6.54 Å². The van der Waals surface area contributed by atoms with Gasteiger partial charge in [-0.25, -0.2) is 4.98 Å². The summed E-state index contributed by atoms with van der Waals surface area (Å²) in [6, 6.07) is 16.5. The van der Waals surface area contributed by atoms with E-state index >= 15 is 0 Å². The van der Waals surface area contributed by atoms with Crippen molar-refractivity contribution < 1.29 is 4.79 Å². The van der Waals surface area contributed by atoms with Crippen molar-refractivity contribution in [2.75, 3.05) is 6.54 Å². The number of imidazole rings is 1. The van der Waals surface area contributed by atoms with Crippen LogP contribution in [0.15, 0.2) is 53.4 Å². The Morgan fingerprint density at radius 1 is 1.24 bits per heavy atom. The molecule has 128 valence electrons. The molecule has 3 aromatic rings. The maximum absolute atomic E-state index is 12.4. The highest BCUT2D eigenvalue weighted by Gasteiger charge is 2.27. The largest absolute Gasteiger partial charge is 0.355 e. The minimum Gasteiger partial charge on any atom is -0.355 e. The predicted molar refractivity (Wildman–Crippen MR) is 102 cm³/mol. The van der Waals surface area contributed by atoms with E-state index in [1.165, 1.54) is 10.5 Å². The monoisotopic (exact) mass is 351 g/mol. The zero-order valence-corrected chi connectivity index (χ0v) is 15.1. The Morgan fingerprint density at radius 3 is 2.92 bits per heavy atom. The molecule has 0 aliphatic carbocycles. The second-order valence-corrected chi connectivity index (χ2v) is 7.61. The molecule has 1 unspecified atom stereocenters. The summed E-state index contributed by atoms with van der Waals surface area (Å²) in [7, 11) is 0. The van der Waals surface area contributed by atoms with Crippen molar-refractivity contribution in [3.05, 3.63) is 59.9 Å². The van der Waals surface area contributed by atoms with Gasteiger partial charge in [0.15, 0.2) is 0 Å².